The highest BCUT2D eigenvalue weighted by Gasteiger charge is 2.23. The summed E-state index contributed by atoms with van der Waals surface area (Å²) in [5.74, 6) is 1.33. The van der Waals surface area contributed by atoms with Crippen molar-refractivity contribution in [3.8, 4) is 0 Å². The second-order valence-electron chi connectivity index (χ2n) is 12.4. The minimum Gasteiger partial charge on any atom is -0.326 e. The highest BCUT2D eigenvalue weighted by Crippen LogP contribution is 2.32. The van der Waals surface area contributed by atoms with Crippen LogP contribution in [0.3, 0.4) is 0 Å². The van der Waals surface area contributed by atoms with Crippen molar-refractivity contribution in [1.29, 1.82) is 0 Å². The molecule has 0 N–H and O–H groups in total. The van der Waals surface area contributed by atoms with Gasteiger partial charge in [0, 0.05) is 12.1 Å². The standard InChI is InChI=1S/2C15H21FN2/c1-9(2)18-10(3)17-14-12(16)7-11(8-13(14)18)15(4,5)6;1-9(2)18-10(3)17-14-12(18)8-7-11(13(14)16)15(4,5)6/h2*7-9H,1-6H3. The normalized spacial score (nSPS) is 12.7. The monoisotopic (exact) mass is 496 g/mol. The third-order valence-electron chi connectivity index (χ3n) is 6.61. The van der Waals surface area contributed by atoms with Crippen molar-refractivity contribution >= 4 is 22.1 Å². The van der Waals surface area contributed by atoms with Crippen LogP contribution < -0.4 is 0 Å². The van der Waals surface area contributed by atoms with E-state index >= 15 is 0 Å². The fraction of sp³-hybridized carbons (Fsp3) is 0.533. The third kappa shape index (κ3) is 5.18. The van der Waals surface area contributed by atoms with Gasteiger partial charge in [0.05, 0.1) is 11.0 Å². The van der Waals surface area contributed by atoms with Crippen LogP contribution in [-0.4, -0.2) is 19.1 Å². The molecular weight excluding hydrogens is 454 g/mol. The van der Waals surface area contributed by atoms with Crippen LogP contribution in [0.2, 0.25) is 0 Å². The van der Waals surface area contributed by atoms with Gasteiger partial charge in [-0.15, -0.1) is 0 Å². The first-order valence-corrected chi connectivity index (χ1v) is 12.8. The van der Waals surface area contributed by atoms with E-state index in [1.54, 1.807) is 6.07 Å². The van der Waals surface area contributed by atoms with Gasteiger partial charge < -0.3 is 9.13 Å². The smallest absolute Gasteiger partial charge is 0.154 e. The highest BCUT2D eigenvalue weighted by atomic mass is 19.1. The lowest BCUT2D eigenvalue weighted by Gasteiger charge is -2.20. The Bertz CT molecular complexity index is 1390. The van der Waals surface area contributed by atoms with Crippen LogP contribution in [0.25, 0.3) is 22.1 Å². The summed E-state index contributed by atoms with van der Waals surface area (Å²) in [6, 6.07) is 8.12. The van der Waals surface area contributed by atoms with E-state index in [9.17, 15) is 8.78 Å². The number of rotatable bonds is 2. The average molecular weight is 497 g/mol. The first-order valence-electron chi connectivity index (χ1n) is 12.8. The Morgan fingerprint density at radius 1 is 0.694 bits per heavy atom. The molecule has 36 heavy (non-hydrogen) atoms. The molecule has 4 nitrogen and oxygen atoms in total. The maximum atomic E-state index is 14.5. The molecule has 2 aromatic carbocycles. The minimum atomic E-state index is -0.222. The first-order chi connectivity index (χ1) is 16.4. The van der Waals surface area contributed by atoms with Gasteiger partial charge >= 0.3 is 0 Å². The summed E-state index contributed by atoms with van der Waals surface area (Å²) in [4.78, 5) is 8.74. The summed E-state index contributed by atoms with van der Waals surface area (Å²) in [6.45, 7) is 24.5. The summed E-state index contributed by atoms with van der Waals surface area (Å²) < 4.78 is 32.9. The summed E-state index contributed by atoms with van der Waals surface area (Å²) in [5, 5.41) is 0. The van der Waals surface area contributed by atoms with Gasteiger partial charge in [-0.05, 0) is 81.7 Å². The van der Waals surface area contributed by atoms with Gasteiger partial charge in [-0.2, -0.15) is 0 Å². The van der Waals surface area contributed by atoms with E-state index in [1.807, 2.05) is 46.8 Å². The lowest BCUT2D eigenvalue weighted by atomic mass is 9.86. The van der Waals surface area contributed by atoms with E-state index in [2.05, 4.69) is 73.6 Å². The quantitative estimate of drug-likeness (QED) is 0.278. The lowest BCUT2D eigenvalue weighted by molar-refractivity contribution is 0.528. The van der Waals surface area contributed by atoms with Gasteiger partial charge in [-0.25, -0.2) is 18.7 Å². The number of nitrogens with zero attached hydrogens (tertiary/aromatic N) is 4. The molecule has 196 valence electrons. The van der Waals surface area contributed by atoms with E-state index in [4.69, 9.17) is 0 Å². The number of benzene rings is 2. The van der Waals surface area contributed by atoms with Crippen molar-refractivity contribution in [2.24, 2.45) is 0 Å². The molecule has 0 aliphatic heterocycles. The van der Waals surface area contributed by atoms with Crippen molar-refractivity contribution in [2.75, 3.05) is 0 Å². The van der Waals surface area contributed by atoms with Crippen molar-refractivity contribution in [3.63, 3.8) is 0 Å². The molecule has 4 rings (SSSR count). The molecule has 0 fully saturated rings. The molecule has 0 spiro atoms. The maximum Gasteiger partial charge on any atom is 0.154 e. The van der Waals surface area contributed by atoms with Crippen LogP contribution >= 0.6 is 0 Å². The van der Waals surface area contributed by atoms with E-state index in [-0.39, 0.29) is 34.5 Å². The molecule has 2 heterocycles. The van der Waals surface area contributed by atoms with Gasteiger partial charge in [0.25, 0.3) is 0 Å². The number of halogens is 2. The molecule has 0 radical (unpaired) electrons. The van der Waals surface area contributed by atoms with Crippen molar-refractivity contribution in [1.82, 2.24) is 19.1 Å². The molecule has 0 unspecified atom stereocenters. The number of imidazole rings is 2. The minimum absolute atomic E-state index is 0.0605. The molecule has 2 aromatic heterocycles. The zero-order valence-electron chi connectivity index (χ0n) is 24.0. The Hall–Kier alpha value is -2.76. The Kier molecular flexibility index (Phi) is 7.42. The van der Waals surface area contributed by atoms with Gasteiger partial charge in [-0.1, -0.05) is 47.6 Å². The van der Waals surface area contributed by atoms with Gasteiger partial charge in [0.15, 0.2) is 11.6 Å². The second-order valence-corrected chi connectivity index (χ2v) is 12.4. The van der Waals surface area contributed by atoms with E-state index in [1.165, 1.54) is 0 Å². The Labute approximate surface area is 214 Å². The Balaban J connectivity index is 0.000000201. The van der Waals surface area contributed by atoms with Crippen molar-refractivity contribution in [2.45, 2.75) is 106 Å². The van der Waals surface area contributed by atoms with Crippen LogP contribution in [0.15, 0.2) is 24.3 Å². The van der Waals surface area contributed by atoms with Gasteiger partial charge in [0.2, 0.25) is 0 Å². The zero-order chi connectivity index (χ0) is 27.3. The fourth-order valence-electron chi connectivity index (χ4n) is 4.83. The van der Waals surface area contributed by atoms with Crippen LogP contribution in [0.5, 0.6) is 0 Å². The molecule has 6 heteroatoms. The maximum absolute atomic E-state index is 14.5. The number of aromatic nitrogens is 4. The topological polar surface area (TPSA) is 35.6 Å². The lowest BCUT2D eigenvalue weighted by Crippen LogP contribution is -2.13. The van der Waals surface area contributed by atoms with Crippen molar-refractivity contribution < 1.29 is 8.78 Å². The van der Waals surface area contributed by atoms with Gasteiger partial charge in [-0.3, -0.25) is 0 Å². The Morgan fingerprint density at radius 2 is 1.19 bits per heavy atom. The molecule has 0 bridgehead atoms. The largest absolute Gasteiger partial charge is 0.326 e. The number of hydrogen-bond donors (Lipinski definition) is 0. The summed E-state index contributed by atoms with van der Waals surface area (Å²) in [6.07, 6.45) is 0. The van der Waals surface area contributed by atoms with Crippen LogP contribution in [0, 0.1) is 25.5 Å². The zero-order valence-corrected chi connectivity index (χ0v) is 24.0. The molecule has 0 aliphatic rings. The predicted molar refractivity (Wildman–Crippen MR) is 147 cm³/mol. The fourth-order valence-corrected chi connectivity index (χ4v) is 4.83. The molecule has 4 aromatic rings. The highest BCUT2D eigenvalue weighted by molar-refractivity contribution is 5.79. The summed E-state index contributed by atoms with van der Waals surface area (Å²) in [7, 11) is 0. The third-order valence-corrected chi connectivity index (χ3v) is 6.61. The molecule has 0 atom stereocenters. The molecule has 0 saturated carbocycles. The summed E-state index contributed by atoms with van der Waals surface area (Å²) in [5.41, 5.74) is 4.23. The van der Waals surface area contributed by atoms with Crippen LogP contribution in [-0.2, 0) is 10.8 Å². The molecular formula is C30H42F2N4. The molecule has 0 aliphatic carbocycles. The van der Waals surface area contributed by atoms with E-state index in [0.717, 1.165) is 33.8 Å². The van der Waals surface area contributed by atoms with Crippen LogP contribution in [0.4, 0.5) is 8.78 Å². The number of fused-ring (bicyclic) bond motifs is 2. The van der Waals surface area contributed by atoms with Crippen LogP contribution in [0.1, 0.15) is 104 Å². The second kappa shape index (κ2) is 9.60. The number of hydrogen-bond acceptors (Lipinski definition) is 2. The van der Waals surface area contributed by atoms with E-state index < -0.39 is 0 Å². The predicted octanol–water partition coefficient (Wildman–Crippen LogP) is 8.72. The first kappa shape index (κ1) is 27.8. The Morgan fingerprint density at radius 3 is 1.67 bits per heavy atom. The number of aryl methyl sites for hydroxylation is 2. The van der Waals surface area contributed by atoms with E-state index in [0.29, 0.717) is 11.0 Å². The molecule has 0 saturated heterocycles. The SMILES string of the molecule is Cc1nc2c(F)c(C(C)(C)C)ccc2n1C(C)C.Cc1nc2c(F)cc(C(C)(C)C)cc2n1C(C)C. The van der Waals surface area contributed by atoms with Gasteiger partial charge in [0.1, 0.15) is 22.7 Å². The average Bonchev–Trinajstić information content (AvgIpc) is 3.23. The van der Waals surface area contributed by atoms with Crippen molar-refractivity contribution in [3.05, 3.63) is 58.7 Å². The summed E-state index contributed by atoms with van der Waals surface area (Å²) >= 11 is 0. The molecule has 0 amide bonds.